The summed E-state index contributed by atoms with van der Waals surface area (Å²) in [4.78, 5) is 39.0. The maximum absolute atomic E-state index is 12.7. The van der Waals surface area contributed by atoms with Gasteiger partial charge in [-0.05, 0) is 57.2 Å². The molecule has 0 radical (unpaired) electrons. The van der Waals surface area contributed by atoms with E-state index in [2.05, 4.69) is 28.1 Å². The first-order chi connectivity index (χ1) is 13.5. The number of hydrogen-bond acceptors (Lipinski definition) is 4. The molecule has 3 unspecified atom stereocenters. The number of rotatable bonds is 6. The number of likely N-dealkylation sites (N-methyl/N-ethyl adjacent to an activating group) is 1. The molecule has 1 aliphatic heterocycles. The maximum atomic E-state index is 12.7. The van der Waals surface area contributed by atoms with Crippen LogP contribution in [-0.4, -0.2) is 54.8 Å². The molecule has 3 atom stereocenters. The second-order valence-electron chi connectivity index (χ2n) is 7.68. The molecule has 1 saturated heterocycles. The molecule has 7 nitrogen and oxygen atoms in total. The van der Waals surface area contributed by atoms with E-state index in [-0.39, 0.29) is 36.3 Å². The minimum Gasteiger partial charge on any atom is -0.348 e. The van der Waals surface area contributed by atoms with Gasteiger partial charge in [0.05, 0.1) is 18.6 Å². The van der Waals surface area contributed by atoms with Gasteiger partial charge in [0.25, 0.3) is 0 Å². The van der Waals surface area contributed by atoms with Crippen LogP contribution >= 0.6 is 0 Å². The number of benzene rings is 1. The summed E-state index contributed by atoms with van der Waals surface area (Å²) in [5, 5.41) is 8.75. The highest BCUT2D eigenvalue weighted by Gasteiger charge is 2.32. The zero-order chi connectivity index (χ0) is 20.1. The quantitative estimate of drug-likeness (QED) is 0.677. The van der Waals surface area contributed by atoms with Crippen LogP contribution in [0.3, 0.4) is 0 Å². The normalized spacial score (nSPS) is 22.9. The van der Waals surface area contributed by atoms with Crippen molar-refractivity contribution in [2.75, 3.05) is 20.1 Å². The summed E-state index contributed by atoms with van der Waals surface area (Å²) in [6, 6.07) is 7.29. The van der Waals surface area contributed by atoms with Crippen molar-refractivity contribution in [1.82, 2.24) is 20.9 Å². The monoisotopic (exact) mass is 386 g/mol. The van der Waals surface area contributed by atoms with E-state index in [1.54, 1.807) is 18.9 Å². The summed E-state index contributed by atoms with van der Waals surface area (Å²) in [6.07, 6.45) is 4.37. The van der Waals surface area contributed by atoms with E-state index in [0.29, 0.717) is 13.0 Å². The van der Waals surface area contributed by atoms with E-state index in [0.717, 1.165) is 25.7 Å². The molecule has 152 valence electrons. The Morgan fingerprint density at radius 2 is 1.89 bits per heavy atom. The zero-order valence-corrected chi connectivity index (χ0v) is 16.7. The molecule has 1 aliphatic carbocycles. The molecule has 1 aromatic carbocycles. The van der Waals surface area contributed by atoms with Crippen molar-refractivity contribution < 1.29 is 14.4 Å². The number of aryl methyl sites for hydroxylation is 1. The molecule has 0 spiro atoms. The van der Waals surface area contributed by atoms with Gasteiger partial charge in [-0.15, -0.1) is 0 Å². The number of likely N-dealkylation sites (tertiary alicyclic amines) is 1. The van der Waals surface area contributed by atoms with Gasteiger partial charge in [-0.3, -0.25) is 14.4 Å². The van der Waals surface area contributed by atoms with Crippen molar-refractivity contribution >= 4 is 17.7 Å². The number of carbonyl (C=O) groups is 3. The fraction of sp³-hybridized carbons (Fsp3) is 0.571. The Morgan fingerprint density at radius 1 is 1.14 bits per heavy atom. The van der Waals surface area contributed by atoms with Gasteiger partial charge >= 0.3 is 0 Å². The van der Waals surface area contributed by atoms with Crippen molar-refractivity contribution in [1.29, 1.82) is 0 Å². The summed E-state index contributed by atoms with van der Waals surface area (Å²) in [7, 11) is 1.70. The minimum absolute atomic E-state index is 0.00400. The van der Waals surface area contributed by atoms with E-state index >= 15 is 0 Å². The van der Waals surface area contributed by atoms with Gasteiger partial charge in [0.2, 0.25) is 17.7 Å². The molecular weight excluding hydrogens is 356 g/mol. The van der Waals surface area contributed by atoms with Crippen LogP contribution in [0.4, 0.5) is 0 Å². The van der Waals surface area contributed by atoms with Crippen LogP contribution in [0.25, 0.3) is 0 Å². The number of nitrogens with one attached hydrogen (secondary N) is 3. The maximum Gasteiger partial charge on any atom is 0.245 e. The van der Waals surface area contributed by atoms with E-state index in [1.165, 1.54) is 11.1 Å². The molecule has 1 fully saturated rings. The zero-order valence-electron chi connectivity index (χ0n) is 16.7. The molecule has 3 N–H and O–H groups in total. The van der Waals surface area contributed by atoms with Crippen molar-refractivity contribution in [3.05, 3.63) is 35.4 Å². The van der Waals surface area contributed by atoms with E-state index in [9.17, 15) is 14.4 Å². The third-order valence-corrected chi connectivity index (χ3v) is 5.71. The third kappa shape index (κ3) is 4.70. The molecule has 2 aliphatic rings. The summed E-state index contributed by atoms with van der Waals surface area (Å²) in [6.45, 7) is 2.32. The van der Waals surface area contributed by atoms with E-state index in [1.807, 2.05) is 12.1 Å². The molecule has 1 aromatic rings. The van der Waals surface area contributed by atoms with Gasteiger partial charge in [0, 0.05) is 6.54 Å². The second-order valence-corrected chi connectivity index (χ2v) is 7.68. The fourth-order valence-corrected chi connectivity index (χ4v) is 3.98. The van der Waals surface area contributed by atoms with Gasteiger partial charge in [-0.2, -0.15) is 0 Å². The first-order valence-corrected chi connectivity index (χ1v) is 10.1. The van der Waals surface area contributed by atoms with Gasteiger partial charge in [-0.25, -0.2) is 0 Å². The molecule has 1 heterocycles. The highest BCUT2D eigenvalue weighted by molar-refractivity contribution is 5.92. The average Bonchev–Trinajstić information content (AvgIpc) is 2.70. The van der Waals surface area contributed by atoms with Crippen LogP contribution in [0, 0.1) is 0 Å². The number of amides is 3. The number of carbonyl (C=O) groups excluding carboxylic acids is 3. The first-order valence-electron chi connectivity index (χ1n) is 10.1. The van der Waals surface area contributed by atoms with Crippen molar-refractivity contribution in [3.63, 3.8) is 0 Å². The number of piperidine rings is 1. The highest BCUT2D eigenvalue weighted by atomic mass is 16.2. The number of nitrogens with zero attached hydrogens (tertiary/aromatic N) is 1. The van der Waals surface area contributed by atoms with Gasteiger partial charge < -0.3 is 20.9 Å². The summed E-state index contributed by atoms with van der Waals surface area (Å²) in [5.41, 5.74) is 2.47. The van der Waals surface area contributed by atoms with Crippen LogP contribution in [0.2, 0.25) is 0 Å². The summed E-state index contributed by atoms with van der Waals surface area (Å²) in [5.74, 6) is -0.529. The number of fused-ring (bicyclic) bond motifs is 1. The van der Waals surface area contributed by atoms with E-state index < -0.39 is 6.04 Å². The van der Waals surface area contributed by atoms with Crippen LogP contribution < -0.4 is 16.0 Å². The molecule has 0 bridgehead atoms. The molecule has 7 heteroatoms. The molecule has 0 aromatic heterocycles. The standard InChI is InChI=1S/C21H30N4O3/c1-14(22-2)20(27)24-18-11-6-12-25(21(18)28)13-19(26)23-17-10-5-8-15-7-3-4-9-16(15)17/h3-4,7,9,14,17-18,22H,5-6,8,10-13H2,1-2H3,(H,23,26)(H,24,27). The third-order valence-electron chi connectivity index (χ3n) is 5.71. The lowest BCUT2D eigenvalue weighted by Gasteiger charge is -2.33. The van der Waals surface area contributed by atoms with Crippen LogP contribution in [0.1, 0.15) is 49.8 Å². The van der Waals surface area contributed by atoms with Gasteiger partial charge in [0.15, 0.2) is 0 Å². The molecular formula is C21H30N4O3. The van der Waals surface area contributed by atoms with Gasteiger partial charge in [-0.1, -0.05) is 24.3 Å². The smallest absolute Gasteiger partial charge is 0.245 e. The Hall–Kier alpha value is -2.41. The Morgan fingerprint density at radius 3 is 2.68 bits per heavy atom. The minimum atomic E-state index is -0.555. The van der Waals surface area contributed by atoms with E-state index in [4.69, 9.17) is 0 Å². The SMILES string of the molecule is CNC(C)C(=O)NC1CCCN(CC(=O)NC2CCCc3ccccc32)C1=O. The number of hydrogen-bond donors (Lipinski definition) is 3. The Kier molecular flexibility index (Phi) is 6.67. The predicted octanol–water partition coefficient (Wildman–Crippen LogP) is 0.895. The van der Waals surface area contributed by atoms with Crippen LogP contribution in [-0.2, 0) is 20.8 Å². The van der Waals surface area contributed by atoms with Crippen LogP contribution in [0.15, 0.2) is 24.3 Å². The lowest BCUT2D eigenvalue weighted by Crippen LogP contribution is -2.56. The van der Waals surface area contributed by atoms with Crippen molar-refractivity contribution in [2.24, 2.45) is 0 Å². The lowest BCUT2D eigenvalue weighted by molar-refractivity contribution is -0.142. The largest absolute Gasteiger partial charge is 0.348 e. The lowest BCUT2D eigenvalue weighted by atomic mass is 9.88. The fourth-order valence-electron chi connectivity index (χ4n) is 3.98. The topological polar surface area (TPSA) is 90.5 Å². The predicted molar refractivity (Wildman–Crippen MR) is 107 cm³/mol. The van der Waals surface area contributed by atoms with Crippen molar-refractivity contribution in [3.8, 4) is 0 Å². The van der Waals surface area contributed by atoms with Crippen LogP contribution in [0.5, 0.6) is 0 Å². The molecule has 3 amide bonds. The Bertz CT molecular complexity index is 736. The molecule has 28 heavy (non-hydrogen) atoms. The Labute approximate surface area is 166 Å². The molecule has 0 saturated carbocycles. The summed E-state index contributed by atoms with van der Waals surface area (Å²) < 4.78 is 0. The average molecular weight is 386 g/mol. The highest BCUT2D eigenvalue weighted by Crippen LogP contribution is 2.29. The molecule has 3 rings (SSSR count). The first kappa shape index (κ1) is 20.3. The Balaban J connectivity index is 1.57. The second kappa shape index (κ2) is 9.19. The summed E-state index contributed by atoms with van der Waals surface area (Å²) >= 11 is 0. The van der Waals surface area contributed by atoms with Crippen molar-refractivity contribution in [2.45, 2.75) is 57.2 Å². The van der Waals surface area contributed by atoms with Gasteiger partial charge in [0.1, 0.15) is 6.04 Å².